The van der Waals surface area contributed by atoms with Crippen molar-refractivity contribution in [3.05, 3.63) is 35.5 Å². The molecule has 0 spiro atoms. The van der Waals surface area contributed by atoms with Gasteiger partial charge in [0, 0.05) is 5.57 Å². The third-order valence-corrected chi connectivity index (χ3v) is 2.57. The Bertz CT molecular complexity index is 478. The van der Waals surface area contributed by atoms with Crippen molar-refractivity contribution < 1.29 is 14.3 Å². The summed E-state index contributed by atoms with van der Waals surface area (Å²) in [6.45, 7) is 9.25. The van der Waals surface area contributed by atoms with Crippen LogP contribution in [0.15, 0.2) is 35.5 Å². The second-order valence-corrected chi connectivity index (χ2v) is 5.99. The molecular weight excluding hydrogens is 254 g/mol. The van der Waals surface area contributed by atoms with Crippen LogP contribution in [-0.2, 0) is 14.3 Å². The van der Waals surface area contributed by atoms with E-state index in [2.05, 4.69) is 11.4 Å². The lowest BCUT2D eigenvalue weighted by atomic mass is 10.1. The van der Waals surface area contributed by atoms with E-state index < -0.39 is 11.6 Å². The fourth-order valence-corrected chi connectivity index (χ4v) is 1.86. The number of ether oxygens (including phenoxy) is 1. The van der Waals surface area contributed by atoms with E-state index in [9.17, 15) is 9.59 Å². The van der Waals surface area contributed by atoms with Crippen molar-refractivity contribution in [1.29, 1.82) is 0 Å². The Labute approximate surface area is 120 Å². The Morgan fingerprint density at radius 2 is 1.90 bits per heavy atom. The normalized spacial score (nSPS) is 18.8. The second kappa shape index (κ2) is 6.55. The van der Waals surface area contributed by atoms with Gasteiger partial charge in [-0.25, -0.2) is 0 Å². The summed E-state index contributed by atoms with van der Waals surface area (Å²) in [5, 5.41) is 2.58. The van der Waals surface area contributed by atoms with Crippen LogP contribution in [0.1, 0.15) is 34.6 Å². The van der Waals surface area contributed by atoms with Gasteiger partial charge in [0.05, 0.1) is 0 Å². The Morgan fingerprint density at radius 1 is 1.25 bits per heavy atom. The van der Waals surface area contributed by atoms with Crippen molar-refractivity contribution in [2.75, 3.05) is 6.54 Å². The summed E-state index contributed by atoms with van der Waals surface area (Å²) in [6, 6.07) is 0. The van der Waals surface area contributed by atoms with Crippen molar-refractivity contribution in [3.8, 4) is 0 Å². The maximum absolute atomic E-state index is 12.0. The quantitative estimate of drug-likeness (QED) is 0.806. The highest BCUT2D eigenvalue weighted by Gasteiger charge is 2.17. The van der Waals surface area contributed by atoms with Crippen LogP contribution in [0, 0.1) is 5.92 Å². The van der Waals surface area contributed by atoms with E-state index in [-0.39, 0.29) is 18.4 Å². The molecule has 0 aromatic carbocycles. The molecule has 0 fully saturated rings. The van der Waals surface area contributed by atoms with Crippen LogP contribution in [0.4, 0.5) is 0 Å². The van der Waals surface area contributed by atoms with Crippen molar-refractivity contribution in [2.45, 2.75) is 40.2 Å². The molecule has 0 aromatic heterocycles. The molecular formula is C16H23NO3. The second-order valence-electron chi connectivity index (χ2n) is 5.99. The molecule has 0 heterocycles. The van der Waals surface area contributed by atoms with Crippen molar-refractivity contribution in [2.24, 2.45) is 5.92 Å². The van der Waals surface area contributed by atoms with Crippen LogP contribution in [-0.4, -0.2) is 24.0 Å². The van der Waals surface area contributed by atoms with Crippen LogP contribution in [0.2, 0.25) is 0 Å². The lowest BCUT2D eigenvalue weighted by Gasteiger charge is -2.19. The molecule has 0 aromatic rings. The summed E-state index contributed by atoms with van der Waals surface area (Å²) in [6.07, 6.45) is 7.60. The number of hydrogen-bond acceptors (Lipinski definition) is 3. The predicted octanol–water partition coefficient (Wildman–Crippen LogP) is 2.52. The van der Waals surface area contributed by atoms with Crippen LogP contribution in [0.5, 0.6) is 0 Å². The first-order valence-electron chi connectivity index (χ1n) is 6.76. The standard InChI is InChI=1S/C16H23NO3/c1-11-6-7-13(9-12(2)8-11)15(19)17-10-14(18)20-16(3,4)5/h6-9,12H,10H2,1-5H3,(H,17,19). The lowest BCUT2D eigenvalue weighted by Crippen LogP contribution is -2.35. The number of nitrogens with one attached hydrogen (secondary N) is 1. The molecule has 0 aliphatic heterocycles. The number of rotatable bonds is 3. The number of hydrogen-bond donors (Lipinski definition) is 1. The van der Waals surface area contributed by atoms with Gasteiger partial charge in [-0.15, -0.1) is 0 Å². The first-order valence-corrected chi connectivity index (χ1v) is 6.76. The first kappa shape index (κ1) is 16.2. The Morgan fingerprint density at radius 3 is 2.50 bits per heavy atom. The van der Waals surface area contributed by atoms with Crippen LogP contribution in [0.25, 0.3) is 0 Å². The van der Waals surface area contributed by atoms with Crippen molar-refractivity contribution >= 4 is 11.9 Å². The molecule has 1 atom stereocenters. The van der Waals surface area contributed by atoms with Crippen LogP contribution >= 0.6 is 0 Å². The van der Waals surface area contributed by atoms with E-state index in [1.807, 2.05) is 26.0 Å². The smallest absolute Gasteiger partial charge is 0.325 e. The summed E-state index contributed by atoms with van der Waals surface area (Å²) >= 11 is 0. The maximum atomic E-state index is 12.0. The molecule has 110 valence electrons. The molecule has 0 bridgehead atoms. The minimum Gasteiger partial charge on any atom is -0.459 e. The molecule has 20 heavy (non-hydrogen) atoms. The van der Waals surface area contributed by atoms with E-state index in [4.69, 9.17) is 4.74 Å². The highest BCUT2D eigenvalue weighted by molar-refractivity contribution is 5.98. The van der Waals surface area contributed by atoms with Gasteiger partial charge >= 0.3 is 5.97 Å². The summed E-state index contributed by atoms with van der Waals surface area (Å²) in [5.74, 6) is -0.513. The zero-order chi connectivity index (χ0) is 15.3. The topological polar surface area (TPSA) is 55.4 Å². The van der Waals surface area contributed by atoms with Gasteiger partial charge in [0.1, 0.15) is 12.1 Å². The number of carbonyl (C=O) groups is 2. The zero-order valence-electron chi connectivity index (χ0n) is 12.8. The average Bonchev–Trinajstić information content (AvgIpc) is 2.45. The molecule has 0 saturated carbocycles. The van der Waals surface area contributed by atoms with Gasteiger partial charge in [-0.3, -0.25) is 9.59 Å². The lowest BCUT2D eigenvalue weighted by molar-refractivity contribution is -0.154. The van der Waals surface area contributed by atoms with Crippen LogP contribution in [0.3, 0.4) is 0 Å². The number of carbonyl (C=O) groups excluding carboxylic acids is 2. The van der Waals surface area contributed by atoms with Gasteiger partial charge in [-0.05, 0) is 39.7 Å². The highest BCUT2D eigenvalue weighted by Crippen LogP contribution is 2.15. The molecule has 1 unspecified atom stereocenters. The molecule has 1 N–H and O–H groups in total. The predicted molar refractivity (Wildman–Crippen MR) is 79.0 cm³/mol. The minimum atomic E-state index is -0.543. The molecule has 1 rings (SSSR count). The van der Waals surface area contributed by atoms with Gasteiger partial charge in [0.2, 0.25) is 0 Å². The summed E-state index contributed by atoms with van der Waals surface area (Å²) in [5.41, 5.74) is 1.14. The first-order chi connectivity index (χ1) is 9.17. The Balaban J connectivity index is 2.56. The average molecular weight is 277 g/mol. The third kappa shape index (κ3) is 5.87. The molecule has 4 heteroatoms. The van der Waals surface area contributed by atoms with E-state index in [1.54, 1.807) is 26.8 Å². The summed E-state index contributed by atoms with van der Waals surface area (Å²) < 4.78 is 5.14. The molecule has 1 amide bonds. The SMILES string of the molecule is CC1=CC(C)C=C(C(=O)NCC(=O)OC(C)(C)C)C=C1. The van der Waals surface area contributed by atoms with Gasteiger partial charge in [0.25, 0.3) is 5.91 Å². The molecule has 0 radical (unpaired) electrons. The molecule has 0 saturated heterocycles. The fraction of sp³-hybridized carbons (Fsp3) is 0.500. The number of allylic oxidation sites excluding steroid dienone is 4. The summed E-state index contributed by atoms with van der Waals surface area (Å²) in [4.78, 5) is 23.6. The van der Waals surface area contributed by atoms with Gasteiger partial charge in [-0.1, -0.05) is 30.7 Å². The Hall–Kier alpha value is -1.84. The molecule has 4 nitrogen and oxygen atoms in total. The maximum Gasteiger partial charge on any atom is 0.325 e. The van der Waals surface area contributed by atoms with Gasteiger partial charge < -0.3 is 10.1 Å². The monoisotopic (exact) mass is 277 g/mol. The highest BCUT2D eigenvalue weighted by atomic mass is 16.6. The number of esters is 1. The largest absolute Gasteiger partial charge is 0.459 e. The van der Waals surface area contributed by atoms with E-state index in [0.29, 0.717) is 5.57 Å². The minimum absolute atomic E-state index is 0.123. The zero-order valence-corrected chi connectivity index (χ0v) is 12.8. The van der Waals surface area contributed by atoms with Crippen molar-refractivity contribution in [1.82, 2.24) is 5.32 Å². The van der Waals surface area contributed by atoms with E-state index >= 15 is 0 Å². The fourth-order valence-electron chi connectivity index (χ4n) is 1.86. The van der Waals surface area contributed by atoms with Crippen LogP contribution < -0.4 is 5.32 Å². The molecule has 1 aliphatic carbocycles. The molecule has 1 aliphatic rings. The van der Waals surface area contributed by atoms with Gasteiger partial charge in [-0.2, -0.15) is 0 Å². The Kier molecular flexibility index (Phi) is 5.31. The third-order valence-electron chi connectivity index (χ3n) is 2.57. The van der Waals surface area contributed by atoms with E-state index in [1.165, 1.54) is 0 Å². The van der Waals surface area contributed by atoms with Gasteiger partial charge in [0.15, 0.2) is 0 Å². The summed E-state index contributed by atoms with van der Waals surface area (Å²) in [7, 11) is 0. The van der Waals surface area contributed by atoms with E-state index in [0.717, 1.165) is 5.57 Å². The number of amides is 1. The van der Waals surface area contributed by atoms with Crippen molar-refractivity contribution in [3.63, 3.8) is 0 Å².